The zero-order chi connectivity index (χ0) is 13.8. The number of pyridine rings is 1. The predicted octanol–water partition coefficient (Wildman–Crippen LogP) is 0.978. The molecule has 0 radical (unpaired) electrons. The Labute approximate surface area is 111 Å². The molecule has 19 heavy (non-hydrogen) atoms. The molecule has 2 rings (SSSR count). The Morgan fingerprint density at radius 3 is 3.00 bits per heavy atom. The molecule has 6 nitrogen and oxygen atoms in total. The smallest absolute Gasteiger partial charge is 0.358 e. The Hall–Kier alpha value is -2.08. The van der Waals surface area contributed by atoms with Gasteiger partial charge < -0.3 is 15.2 Å². The van der Waals surface area contributed by atoms with Gasteiger partial charge >= 0.3 is 5.97 Å². The molecule has 0 saturated carbocycles. The van der Waals surface area contributed by atoms with Gasteiger partial charge in [-0.05, 0) is 32.1 Å². The van der Waals surface area contributed by atoms with E-state index in [9.17, 15) is 9.90 Å². The number of aryl methyl sites for hydroxylation is 1. The number of rotatable bonds is 5. The van der Waals surface area contributed by atoms with Gasteiger partial charge in [-0.1, -0.05) is 6.07 Å². The fourth-order valence-electron chi connectivity index (χ4n) is 2.03. The summed E-state index contributed by atoms with van der Waals surface area (Å²) >= 11 is 0. The number of nitrogens with one attached hydrogen (secondary N) is 1. The molecule has 0 spiro atoms. The number of carbonyl (C=O) groups excluding carboxylic acids is 1. The number of fused-ring (bicyclic) bond motifs is 1. The van der Waals surface area contributed by atoms with E-state index in [0.29, 0.717) is 17.8 Å². The summed E-state index contributed by atoms with van der Waals surface area (Å²) in [5, 5.41) is 13.0. The second-order valence-corrected chi connectivity index (χ2v) is 4.18. The zero-order valence-corrected chi connectivity index (χ0v) is 11.0. The van der Waals surface area contributed by atoms with Crippen LogP contribution >= 0.6 is 0 Å². The predicted molar refractivity (Wildman–Crippen MR) is 70.4 cm³/mol. The molecule has 0 saturated heterocycles. The van der Waals surface area contributed by atoms with Crippen molar-refractivity contribution in [1.82, 2.24) is 14.7 Å². The highest BCUT2D eigenvalue weighted by atomic mass is 16.5. The highest BCUT2D eigenvalue weighted by Gasteiger charge is 2.19. The summed E-state index contributed by atoms with van der Waals surface area (Å²) < 4.78 is 6.30. The highest BCUT2D eigenvalue weighted by Crippen LogP contribution is 2.21. The maximum atomic E-state index is 11.7. The van der Waals surface area contributed by atoms with E-state index in [2.05, 4.69) is 10.3 Å². The largest absolute Gasteiger partial charge is 0.494 e. The number of esters is 1. The fraction of sp³-hybridized carbons (Fsp3) is 0.385. The number of nitrogens with zero attached hydrogens (tertiary/aromatic N) is 2. The number of aromatic hydroxyl groups is 1. The van der Waals surface area contributed by atoms with Gasteiger partial charge in [-0.25, -0.2) is 9.78 Å². The average molecular weight is 263 g/mol. The molecule has 0 fully saturated rings. The van der Waals surface area contributed by atoms with Gasteiger partial charge in [-0.2, -0.15) is 0 Å². The van der Waals surface area contributed by atoms with Crippen LogP contribution in [0, 0.1) is 0 Å². The number of hydrogen-bond acceptors (Lipinski definition) is 5. The summed E-state index contributed by atoms with van der Waals surface area (Å²) in [6.07, 6.45) is 1.53. The van der Waals surface area contributed by atoms with Crippen LogP contribution in [0.2, 0.25) is 0 Å². The third-order valence-corrected chi connectivity index (χ3v) is 2.92. The summed E-state index contributed by atoms with van der Waals surface area (Å²) in [5.41, 5.74) is 0.796. The van der Waals surface area contributed by atoms with E-state index >= 15 is 0 Å². The van der Waals surface area contributed by atoms with E-state index in [-0.39, 0.29) is 11.6 Å². The van der Waals surface area contributed by atoms with Crippen LogP contribution < -0.4 is 5.32 Å². The van der Waals surface area contributed by atoms with Crippen LogP contribution in [0.25, 0.3) is 5.52 Å². The van der Waals surface area contributed by atoms with Crippen molar-refractivity contribution in [2.45, 2.75) is 12.8 Å². The Morgan fingerprint density at radius 1 is 1.53 bits per heavy atom. The molecule has 102 valence electrons. The van der Waals surface area contributed by atoms with Crippen LogP contribution in [0.1, 0.15) is 22.7 Å². The van der Waals surface area contributed by atoms with E-state index in [4.69, 9.17) is 4.74 Å². The number of imidazole rings is 1. The van der Waals surface area contributed by atoms with E-state index in [1.807, 2.05) is 7.05 Å². The molecule has 2 heterocycles. The normalized spacial score (nSPS) is 10.8. The lowest BCUT2D eigenvalue weighted by molar-refractivity contribution is 0.0597. The van der Waals surface area contributed by atoms with Crippen LogP contribution in [-0.2, 0) is 11.2 Å². The fourth-order valence-corrected chi connectivity index (χ4v) is 2.03. The molecule has 2 aromatic heterocycles. The molecule has 0 amide bonds. The van der Waals surface area contributed by atoms with Gasteiger partial charge in [-0.3, -0.25) is 4.40 Å². The second-order valence-electron chi connectivity index (χ2n) is 4.18. The van der Waals surface area contributed by atoms with Gasteiger partial charge in [0.1, 0.15) is 5.82 Å². The van der Waals surface area contributed by atoms with Gasteiger partial charge in [0.15, 0.2) is 11.6 Å². The topological polar surface area (TPSA) is 75.9 Å². The van der Waals surface area contributed by atoms with Crippen molar-refractivity contribution in [3.63, 3.8) is 0 Å². The summed E-state index contributed by atoms with van der Waals surface area (Å²) in [5.74, 6) is 0.228. The van der Waals surface area contributed by atoms with Crippen LogP contribution in [0.15, 0.2) is 18.2 Å². The quantitative estimate of drug-likeness (QED) is 0.621. The molecule has 6 heteroatoms. The lowest BCUT2D eigenvalue weighted by atomic mass is 10.3. The van der Waals surface area contributed by atoms with Gasteiger partial charge in [0.25, 0.3) is 0 Å². The first-order chi connectivity index (χ1) is 9.19. The van der Waals surface area contributed by atoms with Crippen molar-refractivity contribution < 1.29 is 14.6 Å². The number of methoxy groups -OCH3 is 1. The van der Waals surface area contributed by atoms with Crippen molar-refractivity contribution in [2.24, 2.45) is 0 Å². The van der Waals surface area contributed by atoms with Gasteiger partial charge in [0, 0.05) is 6.42 Å². The molecule has 2 aromatic rings. The number of carbonyl (C=O) groups is 1. The maximum Gasteiger partial charge on any atom is 0.358 e. The van der Waals surface area contributed by atoms with Crippen molar-refractivity contribution in [2.75, 3.05) is 20.7 Å². The Bertz CT molecular complexity index is 592. The lowest BCUT2D eigenvalue weighted by Gasteiger charge is -2.03. The molecule has 0 bridgehead atoms. The summed E-state index contributed by atoms with van der Waals surface area (Å²) in [6, 6.07) is 4.98. The van der Waals surface area contributed by atoms with E-state index in [1.165, 1.54) is 7.11 Å². The SMILES string of the molecule is CNCCCc1nc(C(=O)OC)c2cccc(O)n12. The summed E-state index contributed by atoms with van der Waals surface area (Å²) in [7, 11) is 3.19. The van der Waals surface area contributed by atoms with Crippen LogP contribution in [-0.4, -0.2) is 41.2 Å². The molecule has 0 aliphatic heterocycles. The third-order valence-electron chi connectivity index (χ3n) is 2.92. The lowest BCUT2D eigenvalue weighted by Crippen LogP contribution is -2.09. The minimum atomic E-state index is -0.497. The Morgan fingerprint density at radius 2 is 2.32 bits per heavy atom. The second kappa shape index (κ2) is 5.71. The van der Waals surface area contributed by atoms with Crippen LogP contribution in [0.3, 0.4) is 0 Å². The number of aromatic nitrogens is 2. The van der Waals surface area contributed by atoms with Gasteiger partial charge in [0.2, 0.25) is 0 Å². The van der Waals surface area contributed by atoms with Gasteiger partial charge in [0.05, 0.1) is 12.6 Å². The van der Waals surface area contributed by atoms with E-state index in [0.717, 1.165) is 13.0 Å². The number of ether oxygens (including phenoxy) is 1. The van der Waals surface area contributed by atoms with Gasteiger partial charge in [-0.15, -0.1) is 0 Å². The van der Waals surface area contributed by atoms with E-state index in [1.54, 1.807) is 22.6 Å². The maximum absolute atomic E-state index is 11.7. The van der Waals surface area contributed by atoms with E-state index < -0.39 is 5.97 Å². The Balaban J connectivity index is 2.48. The summed E-state index contributed by atoms with van der Waals surface area (Å²) in [6.45, 7) is 0.843. The molecule has 2 N–H and O–H groups in total. The zero-order valence-electron chi connectivity index (χ0n) is 11.0. The molecule has 0 aromatic carbocycles. The monoisotopic (exact) mass is 263 g/mol. The van der Waals surface area contributed by atoms with Crippen molar-refractivity contribution >= 4 is 11.5 Å². The summed E-state index contributed by atoms with van der Waals surface area (Å²) in [4.78, 5) is 16.0. The number of hydrogen-bond donors (Lipinski definition) is 2. The van der Waals surface area contributed by atoms with Crippen molar-refractivity contribution in [3.05, 3.63) is 29.7 Å². The molecule has 0 aliphatic rings. The molecular formula is C13H17N3O3. The minimum absolute atomic E-state index is 0.0691. The van der Waals surface area contributed by atoms with Crippen LogP contribution in [0.4, 0.5) is 0 Å². The average Bonchev–Trinajstić information content (AvgIpc) is 2.79. The minimum Gasteiger partial charge on any atom is -0.494 e. The first-order valence-electron chi connectivity index (χ1n) is 6.11. The van der Waals surface area contributed by atoms with Crippen molar-refractivity contribution in [1.29, 1.82) is 0 Å². The first-order valence-corrected chi connectivity index (χ1v) is 6.11. The molecule has 0 atom stereocenters. The van der Waals surface area contributed by atoms with Crippen molar-refractivity contribution in [3.8, 4) is 5.88 Å². The first kappa shape index (κ1) is 13.4. The highest BCUT2D eigenvalue weighted by molar-refractivity contribution is 5.95. The molecule has 0 aliphatic carbocycles. The third kappa shape index (κ3) is 2.53. The molecular weight excluding hydrogens is 246 g/mol. The standard InChI is InChI=1S/C13H17N3O3/c1-14-8-4-6-10-15-12(13(18)19-2)9-5-3-7-11(17)16(9)10/h3,5,7,14,17H,4,6,8H2,1-2H3. The Kier molecular flexibility index (Phi) is 4.01. The van der Waals surface area contributed by atoms with Crippen LogP contribution in [0.5, 0.6) is 5.88 Å². The molecule has 0 unspecified atom stereocenters.